The van der Waals surface area contributed by atoms with Crippen molar-refractivity contribution in [2.75, 3.05) is 0 Å². The van der Waals surface area contributed by atoms with Crippen LogP contribution in [0.1, 0.15) is 0 Å². The minimum Gasteiger partial charge on any atom is -0.344 e. The van der Waals surface area contributed by atoms with Crippen molar-refractivity contribution < 1.29 is 0 Å². The van der Waals surface area contributed by atoms with E-state index in [-0.39, 0.29) is 12.3 Å². The molecule has 6 N–H and O–H groups in total. The van der Waals surface area contributed by atoms with E-state index >= 15 is 0 Å². The molecule has 0 fully saturated rings. The standard InChI is InChI=1S/C14H10.2H3N/c1-2-6-12-10-14-8-4-3-7-13(14)9-11(12)5-1;;/h1-10H;2*1H3. The van der Waals surface area contributed by atoms with E-state index in [1.807, 2.05) is 0 Å². The molecule has 16 heavy (non-hydrogen) atoms. The molecule has 0 unspecified atom stereocenters. The lowest BCUT2D eigenvalue weighted by molar-refractivity contribution is 1.76. The molecular weight excluding hydrogens is 196 g/mol. The van der Waals surface area contributed by atoms with Gasteiger partial charge in [0.25, 0.3) is 0 Å². The van der Waals surface area contributed by atoms with Gasteiger partial charge in [-0.25, -0.2) is 0 Å². The number of hydrogen-bond donors (Lipinski definition) is 2. The lowest BCUT2D eigenvalue weighted by Crippen LogP contribution is -1.74. The van der Waals surface area contributed by atoms with Crippen molar-refractivity contribution in [3.05, 3.63) is 60.7 Å². The maximum Gasteiger partial charge on any atom is -0.0178 e. The highest BCUT2D eigenvalue weighted by Crippen LogP contribution is 2.21. The van der Waals surface area contributed by atoms with Crippen molar-refractivity contribution in [3.63, 3.8) is 0 Å². The largest absolute Gasteiger partial charge is 0.344 e. The summed E-state index contributed by atoms with van der Waals surface area (Å²) in [5.41, 5.74) is 0. The molecule has 0 saturated carbocycles. The Kier molecular flexibility index (Phi) is 3.61. The summed E-state index contributed by atoms with van der Waals surface area (Å²) in [5.74, 6) is 0. The summed E-state index contributed by atoms with van der Waals surface area (Å²) in [4.78, 5) is 0. The molecule has 82 valence electrons. The maximum atomic E-state index is 2.24. The zero-order valence-electron chi connectivity index (χ0n) is 9.19. The molecule has 0 spiro atoms. The van der Waals surface area contributed by atoms with Gasteiger partial charge in [-0.15, -0.1) is 0 Å². The van der Waals surface area contributed by atoms with Crippen LogP contribution in [0, 0.1) is 0 Å². The van der Waals surface area contributed by atoms with Crippen molar-refractivity contribution >= 4 is 21.5 Å². The zero-order chi connectivity index (χ0) is 9.38. The highest BCUT2D eigenvalue weighted by molar-refractivity contribution is 5.97. The van der Waals surface area contributed by atoms with Crippen molar-refractivity contribution in [1.82, 2.24) is 12.3 Å². The molecule has 3 aromatic carbocycles. The molecule has 3 aromatic rings. The van der Waals surface area contributed by atoms with Gasteiger partial charge >= 0.3 is 0 Å². The van der Waals surface area contributed by atoms with E-state index in [2.05, 4.69) is 60.7 Å². The molecule has 0 atom stereocenters. The molecule has 0 amide bonds. The molecule has 3 rings (SSSR count). The number of fused-ring (bicyclic) bond motifs is 2. The van der Waals surface area contributed by atoms with E-state index in [9.17, 15) is 0 Å². The lowest BCUT2D eigenvalue weighted by Gasteiger charge is -2.00. The fourth-order valence-corrected chi connectivity index (χ4v) is 1.88. The van der Waals surface area contributed by atoms with Gasteiger partial charge in [0.2, 0.25) is 0 Å². The van der Waals surface area contributed by atoms with Crippen LogP contribution in [0.5, 0.6) is 0 Å². The monoisotopic (exact) mass is 212 g/mol. The molecule has 0 aliphatic heterocycles. The fourth-order valence-electron chi connectivity index (χ4n) is 1.88. The Bertz CT molecular complexity index is 497. The second-order valence-electron chi connectivity index (χ2n) is 3.55. The Morgan fingerprint density at radius 1 is 0.438 bits per heavy atom. The molecule has 0 radical (unpaired) electrons. The minimum absolute atomic E-state index is 0. The Hall–Kier alpha value is -1.90. The predicted octanol–water partition coefficient (Wildman–Crippen LogP) is 4.32. The van der Waals surface area contributed by atoms with Crippen LogP contribution >= 0.6 is 0 Å². The average molecular weight is 212 g/mol. The molecular formula is C14H16N2. The van der Waals surface area contributed by atoms with Crippen LogP contribution in [0.4, 0.5) is 0 Å². The van der Waals surface area contributed by atoms with Crippen LogP contribution in [-0.4, -0.2) is 0 Å². The highest BCUT2D eigenvalue weighted by atomic mass is 14.0. The van der Waals surface area contributed by atoms with Gasteiger partial charge in [-0.1, -0.05) is 48.5 Å². The first kappa shape index (κ1) is 12.2. The summed E-state index contributed by atoms with van der Waals surface area (Å²) < 4.78 is 0. The third-order valence-electron chi connectivity index (χ3n) is 2.61. The molecule has 0 aromatic heterocycles. The SMILES string of the molecule is N.N.c1ccc2cc3ccccc3cc2c1. The van der Waals surface area contributed by atoms with Gasteiger partial charge in [0.05, 0.1) is 0 Å². The molecule has 2 nitrogen and oxygen atoms in total. The predicted molar refractivity (Wildman–Crippen MR) is 71.5 cm³/mol. The molecule has 0 bridgehead atoms. The molecule has 2 heteroatoms. The normalized spacial score (nSPS) is 9.50. The highest BCUT2D eigenvalue weighted by Gasteiger charge is 1.95. The van der Waals surface area contributed by atoms with Crippen LogP contribution in [-0.2, 0) is 0 Å². The zero-order valence-corrected chi connectivity index (χ0v) is 9.19. The minimum atomic E-state index is 0. The van der Waals surface area contributed by atoms with Crippen molar-refractivity contribution in [2.45, 2.75) is 0 Å². The van der Waals surface area contributed by atoms with E-state index in [0.717, 1.165) is 0 Å². The van der Waals surface area contributed by atoms with Gasteiger partial charge in [0.1, 0.15) is 0 Å². The summed E-state index contributed by atoms with van der Waals surface area (Å²) in [5, 5.41) is 5.25. The van der Waals surface area contributed by atoms with Crippen molar-refractivity contribution in [3.8, 4) is 0 Å². The van der Waals surface area contributed by atoms with Gasteiger partial charge in [-0.2, -0.15) is 0 Å². The summed E-state index contributed by atoms with van der Waals surface area (Å²) in [7, 11) is 0. The second kappa shape index (κ2) is 4.75. The van der Waals surface area contributed by atoms with Crippen LogP contribution in [0.2, 0.25) is 0 Å². The summed E-state index contributed by atoms with van der Waals surface area (Å²) in [6, 6.07) is 21.4. The van der Waals surface area contributed by atoms with Gasteiger partial charge in [-0.05, 0) is 33.7 Å². The Labute approximate surface area is 95.1 Å². The van der Waals surface area contributed by atoms with Gasteiger partial charge in [0.15, 0.2) is 0 Å². The quantitative estimate of drug-likeness (QED) is 0.545. The van der Waals surface area contributed by atoms with Crippen LogP contribution in [0.3, 0.4) is 0 Å². The molecule has 0 heterocycles. The lowest BCUT2D eigenvalue weighted by atomic mass is 10.0. The van der Waals surface area contributed by atoms with E-state index in [1.165, 1.54) is 21.5 Å². The van der Waals surface area contributed by atoms with Gasteiger partial charge in [0, 0.05) is 0 Å². The van der Waals surface area contributed by atoms with E-state index in [0.29, 0.717) is 0 Å². The van der Waals surface area contributed by atoms with E-state index in [1.54, 1.807) is 0 Å². The molecule has 0 aliphatic rings. The van der Waals surface area contributed by atoms with Crippen LogP contribution in [0.15, 0.2) is 60.7 Å². The Balaban J connectivity index is 0.000000640. The second-order valence-corrected chi connectivity index (χ2v) is 3.55. The smallest absolute Gasteiger partial charge is 0.0178 e. The molecule has 0 saturated heterocycles. The first-order valence-electron chi connectivity index (χ1n) is 4.81. The summed E-state index contributed by atoms with van der Waals surface area (Å²) in [6.07, 6.45) is 0. The van der Waals surface area contributed by atoms with Gasteiger partial charge in [-0.3, -0.25) is 0 Å². The first-order chi connectivity index (χ1) is 6.93. The first-order valence-corrected chi connectivity index (χ1v) is 4.81. The topological polar surface area (TPSA) is 70.0 Å². The van der Waals surface area contributed by atoms with Crippen molar-refractivity contribution in [2.24, 2.45) is 0 Å². The van der Waals surface area contributed by atoms with Crippen LogP contribution in [0.25, 0.3) is 21.5 Å². The third kappa shape index (κ3) is 1.89. The maximum absolute atomic E-state index is 2.24. The Morgan fingerprint density at radius 2 is 0.688 bits per heavy atom. The number of hydrogen-bond acceptors (Lipinski definition) is 2. The fraction of sp³-hybridized carbons (Fsp3) is 0. The van der Waals surface area contributed by atoms with Crippen molar-refractivity contribution in [1.29, 1.82) is 0 Å². The van der Waals surface area contributed by atoms with E-state index in [4.69, 9.17) is 0 Å². The number of benzene rings is 3. The van der Waals surface area contributed by atoms with Crippen LogP contribution < -0.4 is 12.3 Å². The molecule has 0 aliphatic carbocycles. The third-order valence-corrected chi connectivity index (χ3v) is 2.61. The Morgan fingerprint density at radius 3 is 0.938 bits per heavy atom. The number of rotatable bonds is 0. The average Bonchev–Trinajstić information content (AvgIpc) is 2.26. The van der Waals surface area contributed by atoms with Gasteiger partial charge < -0.3 is 12.3 Å². The van der Waals surface area contributed by atoms with E-state index < -0.39 is 0 Å². The summed E-state index contributed by atoms with van der Waals surface area (Å²) in [6.45, 7) is 0. The summed E-state index contributed by atoms with van der Waals surface area (Å²) >= 11 is 0.